The van der Waals surface area contributed by atoms with Crippen LogP contribution in [-0.2, 0) is 6.42 Å². The SMILES string of the molecule is CC(C)Cc1nc(N)ccc1C#N. The van der Waals surface area contributed by atoms with Gasteiger partial charge in [0.1, 0.15) is 11.9 Å². The number of anilines is 1. The van der Waals surface area contributed by atoms with Gasteiger partial charge in [0.05, 0.1) is 11.3 Å². The predicted molar refractivity (Wildman–Crippen MR) is 51.9 cm³/mol. The normalized spacial score (nSPS) is 10.0. The number of nitriles is 1. The molecule has 0 aliphatic heterocycles. The zero-order chi connectivity index (χ0) is 9.84. The van der Waals surface area contributed by atoms with Crippen molar-refractivity contribution in [3.05, 3.63) is 23.4 Å². The molecule has 0 aromatic carbocycles. The lowest BCUT2D eigenvalue weighted by molar-refractivity contribution is 0.635. The fourth-order valence-corrected chi connectivity index (χ4v) is 1.16. The molecule has 0 amide bonds. The zero-order valence-electron chi connectivity index (χ0n) is 7.91. The predicted octanol–water partition coefficient (Wildman–Crippen LogP) is 1.73. The van der Waals surface area contributed by atoms with Gasteiger partial charge in [-0.25, -0.2) is 4.98 Å². The number of nitrogens with two attached hydrogens (primary N) is 1. The van der Waals surface area contributed by atoms with E-state index < -0.39 is 0 Å². The maximum absolute atomic E-state index is 8.79. The molecule has 0 aliphatic rings. The summed E-state index contributed by atoms with van der Waals surface area (Å²) in [5.74, 6) is 0.969. The summed E-state index contributed by atoms with van der Waals surface area (Å²) in [5.41, 5.74) is 6.97. The molecular formula is C10H13N3. The molecule has 3 nitrogen and oxygen atoms in total. The molecule has 0 saturated heterocycles. The highest BCUT2D eigenvalue weighted by Gasteiger charge is 2.05. The first kappa shape index (κ1) is 9.53. The Hall–Kier alpha value is -1.56. The van der Waals surface area contributed by atoms with Crippen LogP contribution in [-0.4, -0.2) is 4.98 Å². The number of rotatable bonds is 2. The van der Waals surface area contributed by atoms with Gasteiger partial charge in [0.25, 0.3) is 0 Å². The molecule has 0 radical (unpaired) electrons. The van der Waals surface area contributed by atoms with Crippen LogP contribution in [0.15, 0.2) is 12.1 Å². The van der Waals surface area contributed by atoms with Crippen LogP contribution in [0.2, 0.25) is 0 Å². The minimum absolute atomic E-state index is 0.481. The summed E-state index contributed by atoms with van der Waals surface area (Å²) in [6, 6.07) is 5.49. The van der Waals surface area contributed by atoms with Crippen LogP contribution in [0.5, 0.6) is 0 Å². The standard InChI is InChI=1S/C10H13N3/c1-7(2)5-9-8(6-11)3-4-10(12)13-9/h3-4,7H,5H2,1-2H3,(H2,12,13). The van der Waals surface area contributed by atoms with Crippen molar-refractivity contribution in [2.24, 2.45) is 5.92 Å². The monoisotopic (exact) mass is 175 g/mol. The van der Waals surface area contributed by atoms with Crippen molar-refractivity contribution in [1.82, 2.24) is 4.98 Å². The Bertz CT molecular complexity index is 337. The average Bonchev–Trinajstić information content (AvgIpc) is 2.03. The Labute approximate surface area is 78.2 Å². The summed E-state index contributed by atoms with van der Waals surface area (Å²) in [5, 5.41) is 8.79. The summed E-state index contributed by atoms with van der Waals surface area (Å²) < 4.78 is 0. The average molecular weight is 175 g/mol. The third-order valence-electron chi connectivity index (χ3n) is 1.72. The number of aromatic nitrogens is 1. The Morgan fingerprint density at radius 3 is 2.77 bits per heavy atom. The van der Waals surface area contributed by atoms with Crippen LogP contribution in [0, 0.1) is 17.2 Å². The number of nitrogen functional groups attached to an aromatic ring is 1. The lowest BCUT2D eigenvalue weighted by Gasteiger charge is -2.06. The fourth-order valence-electron chi connectivity index (χ4n) is 1.16. The smallest absolute Gasteiger partial charge is 0.123 e. The van der Waals surface area contributed by atoms with E-state index in [1.54, 1.807) is 12.1 Å². The topological polar surface area (TPSA) is 62.7 Å². The number of nitrogens with zero attached hydrogens (tertiary/aromatic N) is 2. The summed E-state index contributed by atoms with van der Waals surface area (Å²) in [7, 11) is 0. The highest BCUT2D eigenvalue weighted by Crippen LogP contribution is 2.12. The Morgan fingerprint density at radius 1 is 1.54 bits per heavy atom. The number of hydrogen-bond donors (Lipinski definition) is 1. The van der Waals surface area contributed by atoms with E-state index in [0.717, 1.165) is 12.1 Å². The molecule has 0 aliphatic carbocycles. The second kappa shape index (κ2) is 3.90. The molecule has 13 heavy (non-hydrogen) atoms. The molecule has 0 spiro atoms. The van der Waals surface area contributed by atoms with E-state index in [0.29, 0.717) is 17.3 Å². The zero-order valence-corrected chi connectivity index (χ0v) is 7.91. The molecule has 0 bridgehead atoms. The third kappa shape index (κ3) is 2.45. The van der Waals surface area contributed by atoms with E-state index >= 15 is 0 Å². The van der Waals surface area contributed by atoms with E-state index in [1.807, 2.05) is 0 Å². The van der Waals surface area contributed by atoms with Crippen molar-refractivity contribution in [2.45, 2.75) is 20.3 Å². The van der Waals surface area contributed by atoms with Crippen LogP contribution in [0.25, 0.3) is 0 Å². The lowest BCUT2D eigenvalue weighted by atomic mass is 10.0. The van der Waals surface area contributed by atoms with Gasteiger partial charge in [0.2, 0.25) is 0 Å². The molecule has 1 aromatic rings. The van der Waals surface area contributed by atoms with Crippen LogP contribution >= 0.6 is 0 Å². The number of pyridine rings is 1. The highest BCUT2D eigenvalue weighted by atomic mass is 14.8. The van der Waals surface area contributed by atoms with Crippen LogP contribution in [0.3, 0.4) is 0 Å². The second-order valence-corrected chi connectivity index (χ2v) is 3.44. The molecule has 2 N–H and O–H groups in total. The van der Waals surface area contributed by atoms with Crippen molar-refractivity contribution in [2.75, 3.05) is 5.73 Å². The Kier molecular flexibility index (Phi) is 2.86. The molecule has 3 heteroatoms. The van der Waals surface area contributed by atoms with Gasteiger partial charge in [-0.3, -0.25) is 0 Å². The molecule has 0 saturated carbocycles. The second-order valence-electron chi connectivity index (χ2n) is 3.44. The van der Waals surface area contributed by atoms with E-state index in [2.05, 4.69) is 24.9 Å². The number of hydrogen-bond acceptors (Lipinski definition) is 3. The van der Waals surface area contributed by atoms with Crippen molar-refractivity contribution in [3.63, 3.8) is 0 Å². The molecule has 1 aromatic heterocycles. The highest BCUT2D eigenvalue weighted by molar-refractivity contribution is 5.40. The first-order valence-corrected chi connectivity index (χ1v) is 4.29. The summed E-state index contributed by atoms with van der Waals surface area (Å²) in [6.07, 6.45) is 0.800. The minimum Gasteiger partial charge on any atom is -0.384 e. The first-order chi connectivity index (χ1) is 6.13. The van der Waals surface area contributed by atoms with Crippen molar-refractivity contribution in [3.8, 4) is 6.07 Å². The largest absolute Gasteiger partial charge is 0.384 e. The van der Waals surface area contributed by atoms with Gasteiger partial charge < -0.3 is 5.73 Å². The lowest BCUT2D eigenvalue weighted by Crippen LogP contribution is -2.03. The van der Waals surface area contributed by atoms with Gasteiger partial charge in [0, 0.05) is 0 Å². The minimum atomic E-state index is 0.481. The van der Waals surface area contributed by atoms with E-state index in [1.165, 1.54) is 0 Å². The first-order valence-electron chi connectivity index (χ1n) is 4.29. The van der Waals surface area contributed by atoms with Gasteiger partial charge >= 0.3 is 0 Å². The Morgan fingerprint density at radius 2 is 2.23 bits per heavy atom. The fraction of sp³-hybridized carbons (Fsp3) is 0.400. The van der Waals surface area contributed by atoms with E-state index in [4.69, 9.17) is 11.0 Å². The van der Waals surface area contributed by atoms with E-state index in [-0.39, 0.29) is 0 Å². The van der Waals surface area contributed by atoms with Crippen LogP contribution in [0.1, 0.15) is 25.1 Å². The summed E-state index contributed by atoms with van der Waals surface area (Å²) >= 11 is 0. The van der Waals surface area contributed by atoms with Crippen molar-refractivity contribution < 1.29 is 0 Å². The molecule has 1 rings (SSSR count). The maximum atomic E-state index is 8.79. The van der Waals surface area contributed by atoms with Gasteiger partial charge in [-0.2, -0.15) is 5.26 Å². The van der Waals surface area contributed by atoms with Gasteiger partial charge in [0.15, 0.2) is 0 Å². The molecule has 0 atom stereocenters. The molecular weight excluding hydrogens is 162 g/mol. The van der Waals surface area contributed by atoms with Crippen LogP contribution < -0.4 is 5.73 Å². The van der Waals surface area contributed by atoms with Crippen molar-refractivity contribution >= 4 is 5.82 Å². The van der Waals surface area contributed by atoms with E-state index in [9.17, 15) is 0 Å². The van der Waals surface area contributed by atoms with Gasteiger partial charge in [-0.05, 0) is 24.5 Å². The van der Waals surface area contributed by atoms with Gasteiger partial charge in [-0.1, -0.05) is 13.8 Å². The summed E-state index contributed by atoms with van der Waals surface area (Å²) in [6.45, 7) is 4.18. The van der Waals surface area contributed by atoms with Gasteiger partial charge in [-0.15, -0.1) is 0 Å². The third-order valence-corrected chi connectivity index (χ3v) is 1.72. The molecule has 1 heterocycles. The van der Waals surface area contributed by atoms with Crippen LogP contribution in [0.4, 0.5) is 5.82 Å². The molecule has 68 valence electrons. The summed E-state index contributed by atoms with van der Waals surface area (Å²) in [4.78, 5) is 4.14. The molecule has 0 fully saturated rings. The molecule has 0 unspecified atom stereocenters. The van der Waals surface area contributed by atoms with Crippen molar-refractivity contribution in [1.29, 1.82) is 5.26 Å². The maximum Gasteiger partial charge on any atom is 0.123 e. The Balaban J connectivity index is 3.03. The quantitative estimate of drug-likeness (QED) is 0.744.